The highest BCUT2D eigenvalue weighted by molar-refractivity contribution is 5.65. The van der Waals surface area contributed by atoms with E-state index in [1.807, 2.05) is 20.8 Å². The van der Waals surface area contributed by atoms with Crippen molar-refractivity contribution >= 4 is 6.09 Å². The highest BCUT2D eigenvalue weighted by atomic mass is 16.4. The number of nitrogens with one attached hydrogen (secondary N) is 1. The third-order valence-electron chi connectivity index (χ3n) is 1.21. The van der Waals surface area contributed by atoms with Crippen LogP contribution in [0.2, 0.25) is 0 Å². The first-order valence-electron chi connectivity index (χ1n) is 2.83. The Balaban J connectivity index is 3.50. The molecule has 0 aromatic heterocycles. The van der Waals surface area contributed by atoms with Crippen molar-refractivity contribution in [1.29, 1.82) is 0 Å². The van der Waals surface area contributed by atoms with Crippen LogP contribution in [0.4, 0.5) is 4.79 Å². The van der Waals surface area contributed by atoms with Crippen molar-refractivity contribution in [1.82, 2.24) is 5.32 Å². The summed E-state index contributed by atoms with van der Waals surface area (Å²) in [6.45, 7) is 5.59. The van der Waals surface area contributed by atoms with Gasteiger partial charge in [-0.2, -0.15) is 0 Å². The van der Waals surface area contributed by atoms with Gasteiger partial charge in [0.15, 0.2) is 0 Å². The van der Waals surface area contributed by atoms with Crippen molar-refractivity contribution in [3.05, 3.63) is 5.92 Å². The summed E-state index contributed by atoms with van der Waals surface area (Å²) in [5.41, 5.74) is 0. The Kier molecular flexibility index (Phi) is 3.06. The molecule has 53 valence electrons. The maximum Gasteiger partial charge on any atom is 0.404 e. The SMILES string of the molecule is C[C](C)[C@@H](C)NC(=O)O. The predicted molar refractivity (Wildman–Crippen MR) is 35.2 cm³/mol. The summed E-state index contributed by atoms with van der Waals surface area (Å²) < 4.78 is 0. The summed E-state index contributed by atoms with van der Waals surface area (Å²) in [4.78, 5) is 9.99. The lowest BCUT2D eigenvalue weighted by Gasteiger charge is -2.13. The summed E-state index contributed by atoms with van der Waals surface area (Å²) in [7, 11) is 0. The van der Waals surface area contributed by atoms with E-state index >= 15 is 0 Å². The number of carbonyl (C=O) groups is 1. The molecular weight excluding hydrogens is 118 g/mol. The van der Waals surface area contributed by atoms with Crippen LogP contribution in [0.1, 0.15) is 20.8 Å². The summed E-state index contributed by atoms with van der Waals surface area (Å²) in [6, 6.07) is -0.0394. The van der Waals surface area contributed by atoms with Crippen LogP contribution >= 0.6 is 0 Å². The first-order valence-corrected chi connectivity index (χ1v) is 2.83. The van der Waals surface area contributed by atoms with Gasteiger partial charge in [0.2, 0.25) is 0 Å². The molecule has 0 heterocycles. The van der Waals surface area contributed by atoms with E-state index in [1.54, 1.807) is 0 Å². The molecule has 3 nitrogen and oxygen atoms in total. The second-order valence-electron chi connectivity index (χ2n) is 2.25. The van der Waals surface area contributed by atoms with Crippen LogP contribution in [0.15, 0.2) is 0 Å². The van der Waals surface area contributed by atoms with Gasteiger partial charge < -0.3 is 10.4 Å². The Hall–Kier alpha value is -0.730. The van der Waals surface area contributed by atoms with Gasteiger partial charge in [0, 0.05) is 6.04 Å². The van der Waals surface area contributed by atoms with Crippen LogP contribution in [0.3, 0.4) is 0 Å². The zero-order chi connectivity index (χ0) is 7.44. The Bertz CT molecular complexity index is 101. The molecule has 0 aliphatic heterocycles. The van der Waals surface area contributed by atoms with Crippen LogP contribution in [-0.2, 0) is 0 Å². The molecule has 0 unspecified atom stereocenters. The molecule has 0 aromatic carbocycles. The molecule has 1 amide bonds. The molecule has 1 atom stereocenters. The first-order chi connectivity index (χ1) is 4.04. The van der Waals surface area contributed by atoms with Crippen molar-refractivity contribution in [2.75, 3.05) is 0 Å². The van der Waals surface area contributed by atoms with Gasteiger partial charge in [0.25, 0.3) is 0 Å². The third kappa shape index (κ3) is 3.82. The van der Waals surface area contributed by atoms with Crippen molar-refractivity contribution < 1.29 is 9.90 Å². The van der Waals surface area contributed by atoms with Gasteiger partial charge in [0.1, 0.15) is 0 Å². The Morgan fingerprint density at radius 3 is 2.11 bits per heavy atom. The average molecular weight is 130 g/mol. The van der Waals surface area contributed by atoms with Crippen LogP contribution in [0.5, 0.6) is 0 Å². The minimum absolute atomic E-state index is 0.0394. The minimum atomic E-state index is -0.969. The van der Waals surface area contributed by atoms with E-state index in [0.717, 1.165) is 5.92 Å². The molecular formula is C6H12NO2. The number of amides is 1. The van der Waals surface area contributed by atoms with Gasteiger partial charge in [0.05, 0.1) is 0 Å². The maximum atomic E-state index is 9.99. The normalized spacial score (nSPS) is 13.3. The molecule has 0 spiro atoms. The maximum absolute atomic E-state index is 9.99. The summed E-state index contributed by atoms with van der Waals surface area (Å²) in [6.07, 6.45) is -0.969. The quantitative estimate of drug-likeness (QED) is 0.591. The van der Waals surface area contributed by atoms with Gasteiger partial charge in [-0.25, -0.2) is 4.79 Å². The van der Waals surface area contributed by atoms with Crippen LogP contribution < -0.4 is 5.32 Å². The van der Waals surface area contributed by atoms with Gasteiger partial charge in [-0.15, -0.1) is 0 Å². The molecule has 0 fully saturated rings. The molecule has 0 saturated carbocycles. The van der Waals surface area contributed by atoms with Gasteiger partial charge in [-0.05, 0) is 12.8 Å². The number of hydrogen-bond donors (Lipinski definition) is 2. The highest BCUT2D eigenvalue weighted by Gasteiger charge is 2.08. The molecule has 0 aromatic rings. The van der Waals surface area contributed by atoms with Crippen molar-refractivity contribution in [3.8, 4) is 0 Å². The molecule has 0 bridgehead atoms. The standard InChI is InChI=1S/C6H12NO2/c1-4(2)5(3)7-6(8)9/h5,7H,1-3H3,(H,8,9)/t5-/m1/s1. The fourth-order valence-electron chi connectivity index (χ4n) is 0.330. The number of rotatable bonds is 2. The van der Waals surface area contributed by atoms with E-state index in [1.165, 1.54) is 0 Å². The monoisotopic (exact) mass is 130 g/mol. The Morgan fingerprint density at radius 1 is 1.56 bits per heavy atom. The second kappa shape index (κ2) is 3.33. The highest BCUT2D eigenvalue weighted by Crippen LogP contribution is 2.01. The Labute approximate surface area is 55.1 Å². The van der Waals surface area contributed by atoms with E-state index in [9.17, 15) is 4.79 Å². The topological polar surface area (TPSA) is 49.3 Å². The van der Waals surface area contributed by atoms with Crippen LogP contribution in [-0.4, -0.2) is 17.2 Å². The molecule has 3 heteroatoms. The zero-order valence-electron chi connectivity index (χ0n) is 5.93. The van der Waals surface area contributed by atoms with Crippen molar-refractivity contribution in [3.63, 3.8) is 0 Å². The van der Waals surface area contributed by atoms with E-state index < -0.39 is 6.09 Å². The smallest absolute Gasteiger partial charge is 0.404 e. The van der Waals surface area contributed by atoms with Gasteiger partial charge in [-0.3, -0.25) is 0 Å². The summed E-state index contributed by atoms with van der Waals surface area (Å²) >= 11 is 0. The average Bonchev–Trinajstić information content (AvgIpc) is 1.63. The van der Waals surface area contributed by atoms with E-state index in [4.69, 9.17) is 5.11 Å². The molecule has 0 aliphatic carbocycles. The molecule has 2 N–H and O–H groups in total. The van der Waals surface area contributed by atoms with Gasteiger partial charge in [-0.1, -0.05) is 13.8 Å². The first kappa shape index (κ1) is 8.27. The lowest BCUT2D eigenvalue weighted by Crippen LogP contribution is -2.33. The molecule has 0 saturated heterocycles. The summed E-state index contributed by atoms with van der Waals surface area (Å²) in [5, 5.41) is 10.5. The number of carboxylic acid groups (broad SMARTS) is 1. The van der Waals surface area contributed by atoms with Crippen LogP contribution in [0.25, 0.3) is 0 Å². The zero-order valence-corrected chi connectivity index (χ0v) is 5.93. The van der Waals surface area contributed by atoms with E-state index in [0.29, 0.717) is 0 Å². The predicted octanol–water partition coefficient (Wildman–Crippen LogP) is 1.26. The Morgan fingerprint density at radius 2 is 2.00 bits per heavy atom. The van der Waals surface area contributed by atoms with Crippen LogP contribution in [0, 0.1) is 5.92 Å². The van der Waals surface area contributed by atoms with Crippen molar-refractivity contribution in [2.24, 2.45) is 0 Å². The molecule has 0 rings (SSSR count). The van der Waals surface area contributed by atoms with Gasteiger partial charge >= 0.3 is 6.09 Å². The lowest BCUT2D eigenvalue weighted by molar-refractivity contribution is 0.191. The molecule has 1 radical (unpaired) electrons. The number of hydrogen-bond acceptors (Lipinski definition) is 1. The fourth-order valence-corrected chi connectivity index (χ4v) is 0.330. The van der Waals surface area contributed by atoms with Crippen molar-refractivity contribution in [2.45, 2.75) is 26.8 Å². The van der Waals surface area contributed by atoms with E-state index in [-0.39, 0.29) is 6.04 Å². The minimum Gasteiger partial charge on any atom is -0.465 e. The molecule has 0 aliphatic rings. The second-order valence-corrected chi connectivity index (χ2v) is 2.25. The third-order valence-corrected chi connectivity index (χ3v) is 1.21. The lowest BCUT2D eigenvalue weighted by atomic mass is 10.1. The fraction of sp³-hybridized carbons (Fsp3) is 0.667. The van der Waals surface area contributed by atoms with E-state index in [2.05, 4.69) is 5.32 Å². The largest absolute Gasteiger partial charge is 0.465 e. The molecule has 9 heavy (non-hydrogen) atoms. The summed E-state index contributed by atoms with van der Waals surface area (Å²) in [5.74, 6) is 1.07.